The van der Waals surface area contributed by atoms with E-state index in [1.54, 1.807) is 11.8 Å². The molecule has 1 aliphatic rings. The second kappa shape index (κ2) is 8.78. The third-order valence-corrected chi connectivity index (χ3v) is 4.88. The summed E-state index contributed by atoms with van der Waals surface area (Å²) >= 11 is 0. The topological polar surface area (TPSA) is 95.3 Å². The smallest absolute Gasteiger partial charge is 0.224 e. The summed E-state index contributed by atoms with van der Waals surface area (Å²) in [6, 6.07) is 11.8. The van der Waals surface area contributed by atoms with Crippen molar-refractivity contribution in [1.29, 1.82) is 0 Å². The first-order valence-electron chi connectivity index (χ1n) is 9.43. The number of carbonyl (C=O) groups is 1. The molecule has 0 aliphatic carbocycles. The van der Waals surface area contributed by atoms with Gasteiger partial charge in [0.05, 0.1) is 32.5 Å². The molecule has 2 aromatic heterocycles. The van der Waals surface area contributed by atoms with Crippen LogP contribution in [0.15, 0.2) is 48.9 Å². The maximum atomic E-state index is 12.5. The van der Waals surface area contributed by atoms with E-state index in [0.29, 0.717) is 32.7 Å². The predicted molar refractivity (Wildman–Crippen MR) is 104 cm³/mol. The molecule has 0 spiro atoms. The van der Waals surface area contributed by atoms with Crippen LogP contribution in [0.2, 0.25) is 0 Å². The molecule has 1 aliphatic heterocycles. The van der Waals surface area contributed by atoms with Gasteiger partial charge in [-0.1, -0.05) is 18.2 Å². The fourth-order valence-electron chi connectivity index (χ4n) is 3.27. The van der Waals surface area contributed by atoms with Crippen LogP contribution in [0.5, 0.6) is 5.75 Å². The molecule has 29 heavy (non-hydrogen) atoms. The number of methoxy groups -OCH3 is 1. The molecule has 0 unspecified atom stereocenters. The molecule has 150 valence electrons. The van der Waals surface area contributed by atoms with E-state index in [1.807, 2.05) is 47.5 Å². The third-order valence-electron chi connectivity index (χ3n) is 4.88. The number of ether oxygens (including phenoxy) is 2. The Kier molecular flexibility index (Phi) is 5.76. The van der Waals surface area contributed by atoms with E-state index in [9.17, 15) is 4.79 Å². The van der Waals surface area contributed by atoms with Crippen LogP contribution < -0.4 is 4.74 Å². The van der Waals surface area contributed by atoms with Crippen molar-refractivity contribution in [3.05, 3.63) is 54.6 Å². The average Bonchev–Trinajstić information content (AvgIpc) is 3.31. The van der Waals surface area contributed by atoms with Crippen LogP contribution in [0.3, 0.4) is 0 Å². The Morgan fingerprint density at radius 1 is 1.28 bits per heavy atom. The highest BCUT2D eigenvalue weighted by Crippen LogP contribution is 2.26. The first-order chi connectivity index (χ1) is 14.2. The van der Waals surface area contributed by atoms with Crippen LogP contribution >= 0.6 is 0 Å². The van der Waals surface area contributed by atoms with Gasteiger partial charge >= 0.3 is 0 Å². The zero-order valence-corrected chi connectivity index (χ0v) is 16.1. The number of carbonyl (C=O) groups excluding carboxylic acids is 1. The number of hydrogen-bond donors (Lipinski definition) is 0. The van der Waals surface area contributed by atoms with Crippen molar-refractivity contribution in [2.24, 2.45) is 0 Å². The highest BCUT2D eigenvalue weighted by atomic mass is 16.5. The van der Waals surface area contributed by atoms with E-state index in [0.717, 1.165) is 22.6 Å². The second-order valence-electron chi connectivity index (χ2n) is 6.73. The first kappa shape index (κ1) is 19.0. The van der Waals surface area contributed by atoms with E-state index in [1.165, 1.54) is 6.33 Å². The number of nitrogens with zero attached hydrogens (tertiary/aromatic N) is 6. The van der Waals surface area contributed by atoms with Crippen molar-refractivity contribution in [2.75, 3.05) is 26.8 Å². The minimum Gasteiger partial charge on any atom is -0.497 e. The molecule has 3 aromatic rings. The maximum absolute atomic E-state index is 12.5. The Hall–Kier alpha value is -3.33. The first-order valence-corrected chi connectivity index (χ1v) is 9.43. The number of pyridine rings is 1. The molecular weight excluding hydrogens is 372 g/mol. The van der Waals surface area contributed by atoms with E-state index in [2.05, 4.69) is 20.5 Å². The van der Waals surface area contributed by atoms with Gasteiger partial charge in [0.1, 0.15) is 18.2 Å². The Morgan fingerprint density at radius 3 is 2.97 bits per heavy atom. The van der Waals surface area contributed by atoms with Crippen molar-refractivity contribution < 1.29 is 14.3 Å². The van der Waals surface area contributed by atoms with Gasteiger partial charge in [0.2, 0.25) is 5.91 Å². The molecule has 9 heteroatoms. The minimum absolute atomic E-state index is 0.0572. The highest BCUT2D eigenvalue weighted by molar-refractivity contribution is 5.76. The maximum Gasteiger partial charge on any atom is 0.224 e. The minimum atomic E-state index is -0.236. The van der Waals surface area contributed by atoms with Gasteiger partial charge in [-0.05, 0) is 34.2 Å². The van der Waals surface area contributed by atoms with E-state index in [-0.39, 0.29) is 12.0 Å². The normalized spacial score (nSPS) is 16.6. The zero-order chi connectivity index (χ0) is 20.1. The molecule has 0 bridgehead atoms. The Bertz CT molecular complexity index is 945. The molecule has 0 radical (unpaired) electrons. The molecule has 4 rings (SSSR count). The van der Waals surface area contributed by atoms with Crippen molar-refractivity contribution >= 4 is 5.91 Å². The standard InChI is InChI=1S/C20H22N6O3/c1-28-17-4-2-3-15(11-17)16-5-6-18(21-12-16)19-13-25(9-10-29-19)20(27)7-8-26-14-22-23-24-26/h2-6,11-12,14,19H,7-10,13H2,1H3/t19-/m1/s1. The van der Waals surface area contributed by atoms with E-state index >= 15 is 0 Å². The summed E-state index contributed by atoms with van der Waals surface area (Å²) < 4.78 is 12.7. The number of amides is 1. The van der Waals surface area contributed by atoms with Gasteiger partial charge in [-0.3, -0.25) is 9.78 Å². The number of hydrogen-bond acceptors (Lipinski definition) is 7. The van der Waals surface area contributed by atoms with Gasteiger partial charge in [-0.2, -0.15) is 0 Å². The van der Waals surface area contributed by atoms with Crippen LogP contribution in [-0.4, -0.2) is 62.8 Å². The number of morpholine rings is 1. The predicted octanol–water partition coefficient (Wildman–Crippen LogP) is 1.73. The third kappa shape index (κ3) is 4.57. The SMILES string of the molecule is COc1cccc(-c2ccc([C@H]3CN(C(=O)CCn4cnnn4)CCO3)nc2)c1. The van der Waals surface area contributed by atoms with Gasteiger partial charge in [-0.15, -0.1) is 5.10 Å². The van der Waals surface area contributed by atoms with Crippen molar-refractivity contribution in [3.8, 4) is 16.9 Å². The molecule has 0 saturated carbocycles. The summed E-state index contributed by atoms with van der Waals surface area (Å²) in [5.74, 6) is 0.861. The Labute approximate surface area is 168 Å². The van der Waals surface area contributed by atoms with Crippen LogP contribution in [0.4, 0.5) is 0 Å². The fourth-order valence-corrected chi connectivity index (χ4v) is 3.27. The summed E-state index contributed by atoms with van der Waals surface area (Å²) in [5, 5.41) is 10.9. The molecule has 1 atom stereocenters. The van der Waals surface area contributed by atoms with Crippen LogP contribution in [-0.2, 0) is 16.1 Å². The highest BCUT2D eigenvalue weighted by Gasteiger charge is 2.26. The van der Waals surface area contributed by atoms with E-state index in [4.69, 9.17) is 9.47 Å². The van der Waals surface area contributed by atoms with Gasteiger partial charge < -0.3 is 14.4 Å². The van der Waals surface area contributed by atoms with Crippen LogP contribution in [0.25, 0.3) is 11.1 Å². The Balaban J connectivity index is 1.39. The molecular formula is C20H22N6O3. The lowest BCUT2D eigenvalue weighted by molar-refractivity contribution is -0.139. The summed E-state index contributed by atoms with van der Waals surface area (Å²) in [7, 11) is 1.65. The lowest BCUT2D eigenvalue weighted by atomic mass is 10.1. The Morgan fingerprint density at radius 2 is 2.21 bits per heavy atom. The number of aryl methyl sites for hydroxylation is 1. The number of tetrazole rings is 1. The summed E-state index contributed by atoms with van der Waals surface area (Å²) in [6.45, 7) is 2.01. The zero-order valence-electron chi connectivity index (χ0n) is 16.1. The van der Waals surface area contributed by atoms with Gasteiger partial charge in [0.25, 0.3) is 0 Å². The van der Waals surface area contributed by atoms with Crippen molar-refractivity contribution in [1.82, 2.24) is 30.1 Å². The van der Waals surface area contributed by atoms with Crippen LogP contribution in [0, 0.1) is 0 Å². The molecule has 1 fully saturated rings. The summed E-state index contributed by atoms with van der Waals surface area (Å²) in [5.41, 5.74) is 2.85. The summed E-state index contributed by atoms with van der Waals surface area (Å²) in [6.07, 6.45) is 3.44. The van der Waals surface area contributed by atoms with Gasteiger partial charge in [0, 0.05) is 24.7 Å². The largest absolute Gasteiger partial charge is 0.497 e. The van der Waals surface area contributed by atoms with Gasteiger partial charge in [-0.25, -0.2) is 4.68 Å². The molecule has 1 amide bonds. The lowest BCUT2D eigenvalue weighted by Gasteiger charge is -2.32. The number of aromatic nitrogens is 5. The van der Waals surface area contributed by atoms with Crippen molar-refractivity contribution in [2.45, 2.75) is 19.1 Å². The molecule has 1 aromatic carbocycles. The average molecular weight is 394 g/mol. The lowest BCUT2D eigenvalue weighted by Crippen LogP contribution is -2.42. The monoisotopic (exact) mass is 394 g/mol. The van der Waals surface area contributed by atoms with Gasteiger partial charge in [0.15, 0.2) is 0 Å². The fraction of sp³-hybridized carbons (Fsp3) is 0.350. The van der Waals surface area contributed by atoms with E-state index < -0.39 is 0 Å². The van der Waals surface area contributed by atoms with Crippen molar-refractivity contribution in [3.63, 3.8) is 0 Å². The molecule has 9 nitrogen and oxygen atoms in total. The number of rotatable bonds is 6. The second-order valence-corrected chi connectivity index (χ2v) is 6.73. The molecule has 1 saturated heterocycles. The number of benzene rings is 1. The molecule has 3 heterocycles. The summed E-state index contributed by atoms with van der Waals surface area (Å²) in [4.78, 5) is 18.9. The molecule has 0 N–H and O–H groups in total. The quantitative estimate of drug-likeness (QED) is 0.628. The van der Waals surface area contributed by atoms with Crippen LogP contribution in [0.1, 0.15) is 18.2 Å².